The molecule has 1 saturated carbocycles. The summed E-state index contributed by atoms with van der Waals surface area (Å²) in [4.78, 5) is 0. The molecule has 2 rings (SSSR count). The molecule has 0 spiro atoms. The first-order chi connectivity index (χ1) is 3.86. The van der Waals surface area contributed by atoms with Gasteiger partial charge in [-0.3, -0.25) is 0 Å². The number of aliphatic hydroxyl groups is 1. The summed E-state index contributed by atoms with van der Waals surface area (Å²) in [6, 6.07) is 0. The van der Waals surface area contributed by atoms with E-state index in [-0.39, 0.29) is 6.10 Å². The van der Waals surface area contributed by atoms with Crippen LogP contribution >= 0.6 is 0 Å². The van der Waals surface area contributed by atoms with Crippen LogP contribution in [-0.4, -0.2) is 23.4 Å². The number of fused-ring (bicyclic) bond motifs is 1. The predicted molar refractivity (Wildman–Crippen MR) is 28.5 cm³/mol. The highest BCUT2D eigenvalue weighted by Gasteiger charge is 2.43. The molecule has 0 aromatic carbocycles. The Balaban J connectivity index is 1.93. The summed E-state index contributed by atoms with van der Waals surface area (Å²) >= 11 is 0. The van der Waals surface area contributed by atoms with Crippen LogP contribution in [0.5, 0.6) is 0 Å². The fourth-order valence-electron chi connectivity index (χ4n) is 1.38. The number of hydrogen-bond acceptors (Lipinski definition) is 2. The summed E-state index contributed by atoms with van der Waals surface area (Å²) in [7, 11) is 0. The van der Waals surface area contributed by atoms with Gasteiger partial charge in [-0.05, 0) is 12.8 Å². The minimum atomic E-state index is -0.0706. The molecule has 0 aromatic heterocycles. The Kier molecular flexibility index (Phi) is 0.866. The largest absolute Gasteiger partial charge is 0.393 e. The third-order valence-electron chi connectivity index (χ3n) is 1.98. The molecule has 1 saturated heterocycles. The number of hydrogen-bond donors (Lipinski definition) is 1. The van der Waals surface area contributed by atoms with Gasteiger partial charge in [-0.25, -0.2) is 0 Å². The highest BCUT2D eigenvalue weighted by Crippen LogP contribution is 2.36. The van der Waals surface area contributed by atoms with Gasteiger partial charge in [-0.1, -0.05) is 0 Å². The molecule has 2 aliphatic rings. The summed E-state index contributed by atoms with van der Waals surface area (Å²) in [6.45, 7) is 0. The van der Waals surface area contributed by atoms with Crippen LogP contribution in [0.3, 0.4) is 0 Å². The predicted octanol–water partition coefficient (Wildman–Crippen LogP) is 0.299. The van der Waals surface area contributed by atoms with Crippen molar-refractivity contribution >= 4 is 0 Å². The van der Waals surface area contributed by atoms with Crippen molar-refractivity contribution < 1.29 is 9.84 Å². The monoisotopic (exact) mass is 114 g/mol. The van der Waals surface area contributed by atoms with Crippen LogP contribution in [0, 0.1) is 0 Å². The van der Waals surface area contributed by atoms with Gasteiger partial charge in [0.25, 0.3) is 0 Å². The van der Waals surface area contributed by atoms with Gasteiger partial charge in [0.15, 0.2) is 0 Å². The maximum absolute atomic E-state index is 9.03. The zero-order valence-corrected chi connectivity index (χ0v) is 4.71. The van der Waals surface area contributed by atoms with E-state index in [1.165, 1.54) is 0 Å². The summed E-state index contributed by atoms with van der Waals surface area (Å²) in [5.41, 5.74) is 0. The Morgan fingerprint density at radius 3 is 2.75 bits per heavy atom. The van der Waals surface area contributed by atoms with Crippen molar-refractivity contribution in [2.24, 2.45) is 0 Å². The number of aliphatic hydroxyl groups excluding tert-OH is 1. The minimum Gasteiger partial charge on any atom is -0.393 e. The van der Waals surface area contributed by atoms with E-state index in [0.29, 0.717) is 12.2 Å². The van der Waals surface area contributed by atoms with Gasteiger partial charge in [0.1, 0.15) is 0 Å². The van der Waals surface area contributed by atoms with Gasteiger partial charge in [0.05, 0.1) is 18.3 Å². The Morgan fingerprint density at radius 2 is 2.12 bits per heavy atom. The molecule has 0 amide bonds. The summed E-state index contributed by atoms with van der Waals surface area (Å²) in [5, 5.41) is 9.03. The molecule has 1 heterocycles. The maximum Gasteiger partial charge on any atom is 0.0866 e. The SMILES string of the molecule is O[C@@H]1CCC2O[C@H]2C1. The molecule has 0 radical (unpaired) electrons. The molecule has 1 unspecified atom stereocenters. The van der Waals surface area contributed by atoms with Gasteiger partial charge < -0.3 is 9.84 Å². The summed E-state index contributed by atoms with van der Waals surface area (Å²) < 4.78 is 5.19. The molecule has 1 N–H and O–H groups in total. The van der Waals surface area contributed by atoms with E-state index in [0.717, 1.165) is 19.3 Å². The van der Waals surface area contributed by atoms with Crippen molar-refractivity contribution in [1.82, 2.24) is 0 Å². The summed E-state index contributed by atoms with van der Waals surface area (Å²) in [5.74, 6) is 0. The van der Waals surface area contributed by atoms with E-state index >= 15 is 0 Å². The third-order valence-corrected chi connectivity index (χ3v) is 1.98. The first-order valence-corrected chi connectivity index (χ1v) is 3.20. The average molecular weight is 114 g/mol. The zero-order chi connectivity index (χ0) is 5.56. The minimum absolute atomic E-state index is 0.0706. The molecule has 2 nitrogen and oxygen atoms in total. The van der Waals surface area contributed by atoms with Crippen molar-refractivity contribution in [3.8, 4) is 0 Å². The van der Waals surface area contributed by atoms with Crippen LogP contribution in [0.4, 0.5) is 0 Å². The first-order valence-electron chi connectivity index (χ1n) is 3.20. The molecule has 0 aromatic rings. The quantitative estimate of drug-likeness (QED) is 0.459. The molecule has 1 aliphatic heterocycles. The first kappa shape index (κ1) is 4.77. The Morgan fingerprint density at radius 1 is 1.25 bits per heavy atom. The lowest BCUT2D eigenvalue weighted by Crippen LogP contribution is -2.17. The molecule has 0 bridgehead atoms. The smallest absolute Gasteiger partial charge is 0.0866 e. The Hall–Kier alpha value is -0.0800. The third kappa shape index (κ3) is 0.644. The fraction of sp³-hybridized carbons (Fsp3) is 1.00. The van der Waals surface area contributed by atoms with E-state index in [9.17, 15) is 0 Å². The lowest BCUT2D eigenvalue weighted by molar-refractivity contribution is 0.139. The molecule has 3 atom stereocenters. The van der Waals surface area contributed by atoms with E-state index < -0.39 is 0 Å². The van der Waals surface area contributed by atoms with Crippen molar-refractivity contribution in [3.05, 3.63) is 0 Å². The van der Waals surface area contributed by atoms with Gasteiger partial charge >= 0.3 is 0 Å². The standard InChI is InChI=1S/C6H10O2/c7-4-1-2-5-6(3-4)8-5/h4-7H,1-3H2/t4-,5?,6+/m1/s1. The van der Waals surface area contributed by atoms with Gasteiger partial charge in [-0.15, -0.1) is 0 Å². The number of rotatable bonds is 0. The second-order valence-electron chi connectivity index (χ2n) is 2.68. The van der Waals surface area contributed by atoms with Crippen LogP contribution in [0.2, 0.25) is 0 Å². The van der Waals surface area contributed by atoms with E-state index in [2.05, 4.69) is 0 Å². The van der Waals surface area contributed by atoms with Gasteiger partial charge in [0.2, 0.25) is 0 Å². The van der Waals surface area contributed by atoms with Crippen LogP contribution in [0.15, 0.2) is 0 Å². The average Bonchev–Trinajstić information content (AvgIpc) is 2.43. The lowest BCUT2D eigenvalue weighted by atomic mass is 9.98. The number of ether oxygens (including phenoxy) is 1. The second-order valence-corrected chi connectivity index (χ2v) is 2.68. The highest BCUT2D eigenvalue weighted by molar-refractivity contribution is 4.91. The molecule has 2 fully saturated rings. The van der Waals surface area contributed by atoms with Crippen LogP contribution in [0.25, 0.3) is 0 Å². The molecule has 46 valence electrons. The van der Waals surface area contributed by atoms with Crippen LogP contribution < -0.4 is 0 Å². The molecule has 8 heavy (non-hydrogen) atoms. The normalized spacial score (nSPS) is 52.9. The fourth-order valence-corrected chi connectivity index (χ4v) is 1.38. The Bertz CT molecular complexity index is 103. The Labute approximate surface area is 48.5 Å². The van der Waals surface area contributed by atoms with Crippen molar-refractivity contribution in [2.75, 3.05) is 0 Å². The highest BCUT2D eigenvalue weighted by atomic mass is 16.6. The van der Waals surface area contributed by atoms with E-state index in [4.69, 9.17) is 9.84 Å². The topological polar surface area (TPSA) is 32.8 Å². The van der Waals surface area contributed by atoms with Crippen LogP contribution in [-0.2, 0) is 4.74 Å². The molecular formula is C6H10O2. The van der Waals surface area contributed by atoms with Gasteiger partial charge in [-0.2, -0.15) is 0 Å². The molecule has 1 aliphatic carbocycles. The molecular weight excluding hydrogens is 104 g/mol. The van der Waals surface area contributed by atoms with Crippen molar-refractivity contribution in [2.45, 2.75) is 37.6 Å². The molecule has 2 heteroatoms. The second kappa shape index (κ2) is 1.45. The maximum atomic E-state index is 9.03. The number of epoxide rings is 1. The van der Waals surface area contributed by atoms with Crippen molar-refractivity contribution in [1.29, 1.82) is 0 Å². The lowest BCUT2D eigenvalue weighted by Gasteiger charge is -2.10. The van der Waals surface area contributed by atoms with Crippen LogP contribution in [0.1, 0.15) is 19.3 Å². The van der Waals surface area contributed by atoms with E-state index in [1.807, 2.05) is 0 Å². The van der Waals surface area contributed by atoms with Crippen molar-refractivity contribution in [3.63, 3.8) is 0 Å². The van der Waals surface area contributed by atoms with E-state index in [1.54, 1.807) is 0 Å². The zero-order valence-electron chi connectivity index (χ0n) is 4.71. The summed E-state index contributed by atoms with van der Waals surface area (Å²) in [6.07, 6.45) is 3.79. The van der Waals surface area contributed by atoms with Gasteiger partial charge in [0, 0.05) is 6.42 Å².